The molecule has 1 aliphatic rings. The van der Waals surface area contributed by atoms with Crippen LogP contribution in [0, 0.1) is 5.92 Å². The third kappa shape index (κ3) is 1.67. The van der Waals surface area contributed by atoms with Crippen molar-refractivity contribution >= 4 is 11.8 Å². The summed E-state index contributed by atoms with van der Waals surface area (Å²) in [5, 5.41) is 9.06. The van der Waals surface area contributed by atoms with Crippen LogP contribution in [0.2, 0.25) is 0 Å². The third-order valence-electron chi connectivity index (χ3n) is 1.39. The first kappa shape index (κ1) is 6.43. The Morgan fingerprint density at radius 1 is 1.50 bits per heavy atom. The van der Waals surface area contributed by atoms with Gasteiger partial charge in [0.1, 0.15) is 0 Å². The zero-order valence-electron chi connectivity index (χ0n) is 5.13. The second-order valence-corrected chi connectivity index (χ2v) is 3.61. The summed E-state index contributed by atoms with van der Waals surface area (Å²) >= 11 is 1.86. The van der Waals surface area contributed by atoms with Gasteiger partial charge in [0.2, 0.25) is 0 Å². The third-order valence-corrected chi connectivity index (χ3v) is 2.81. The lowest BCUT2D eigenvalue weighted by atomic mass is 10.1. The highest BCUT2D eigenvalue weighted by molar-refractivity contribution is 7.99. The average molecular weight is 132 g/mol. The molecule has 1 aliphatic heterocycles. The summed E-state index contributed by atoms with van der Waals surface area (Å²) in [6.45, 7) is 2.19. The Balaban J connectivity index is 2.23. The Morgan fingerprint density at radius 2 is 2.25 bits per heavy atom. The first-order chi connectivity index (χ1) is 3.79. The molecule has 1 heterocycles. The Kier molecular flexibility index (Phi) is 2.20. The van der Waals surface area contributed by atoms with Gasteiger partial charge in [-0.05, 0) is 18.1 Å². The van der Waals surface area contributed by atoms with Crippen molar-refractivity contribution in [2.45, 2.75) is 19.4 Å². The van der Waals surface area contributed by atoms with Gasteiger partial charge < -0.3 is 5.11 Å². The quantitative estimate of drug-likeness (QED) is 0.533. The van der Waals surface area contributed by atoms with Crippen LogP contribution >= 0.6 is 11.8 Å². The van der Waals surface area contributed by atoms with Crippen molar-refractivity contribution < 1.29 is 5.11 Å². The fourth-order valence-electron chi connectivity index (χ4n) is 1.01. The van der Waals surface area contributed by atoms with Gasteiger partial charge in [0.25, 0.3) is 0 Å². The van der Waals surface area contributed by atoms with E-state index in [0.717, 1.165) is 18.1 Å². The first-order valence-electron chi connectivity index (χ1n) is 3.05. The van der Waals surface area contributed by atoms with Crippen LogP contribution in [-0.4, -0.2) is 22.7 Å². The molecule has 1 saturated heterocycles. The minimum absolute atomic E-state index is 0.0243. The van der Waals surface area contributed by atoms with E-state index in [1.165, 1.54) is 5.75 Å². The Hall–Kier alpha value is 0.310. The summed E-state index contributed by atoms with van der Waals surface area (Å²) < 4.78 is 0. The van der Waals surface area contributed by atoms with Crippen LogP contribution in [0.4, 0.5) is 0 Å². The highest BCUT2D eigenvalue weighted by Gasteiger charge is 2.15. The van der Waals surface area contributed by atoms with Gasteiger partial charge in [-0.2, -0.15) is 11.8 Å². The van der Waals surface area contributed by atoms with E-state index >= 15 is 0 Å². The molecule has 48 valence electrons. The van der Waals surface area contributed by atoms with E-state index in [1.807, 2.05) is 11.8 Å². The van der Waals surface area contributed by atoms with Crippen LogP contribution in [0.1, 0.15) is 13.3 Å². The van der Waals surface area contributed by atoms with Gasteiger partial charge in [-0.15, -0.1) is 0 Å². The molecule has 0 amide bonds. The van der Waals surface area contributed by atoms with E-state index in [4.69, 9.17) is 5.11 Å². The molecular formula is C6H12OS. The first-order valence-corrected chi connectivity index (χ1v) is 4.20. The fraction of sp³-hybridized carbons (Fsp3) is 1.00. The zero-order valence-corrected chi connectivity index (χ0v) is 5.95. The molecule has 0 spiro atoms. The monoisotopic (exact) mass is 132 g/mol. The van der Waals surface area contributed by atoms with Gasteiger partial charge >= 0.3 is 0 Å². The van der Waals surface area contributed by atoms with E-state index in [0.29, 0.717) is 0 Å². The Morgan fingerprint density at radius 3 is 2.62 bits per heavy atom. The van der Waals surface area contributed by atoms with Crippen molar-refractivity contribution in [3.63, 3.8) is 0 Å². The predicted molar refractivity (Wildman–Crippen MR) is 37.1 cm³/mol. The number of aliphatic hydroxyl groups excluding tert-OH is 1. The summed E-state index contributed by atoms with van der Waals surface area (Å²) in [5.41, 5.74) is 0. The fourth-order valence-corrected chi connectivity index (χ4v) is 2.09. The molecule has 1 rings (SSSR count). The Labute approximate surface area is 54.5 Å². The van der Waals surface area contributed by atoms with Crippen LogP contribution in [0.3, 0.4) is 0 Å². The van der Waals surface area contributed by atoms with Crippen molar-refractivity contribution in [2.75, 3.05) is 11.5 Å². The van der Waals surface area contributed by atoms with Crippen molar-refractivity contribution in [3.8, 4) is 0 Å². The molecule has 1 fully saturated rings. The van der Waals surface area contributed by atoms with Gasteiger partial charge in [0, 0.05) is 5.75 Å². The molecule has 0 bridgehead atoms. The van der Waals surface area contributed by atoms with Crippen LogP contribution in [0.25, 0.3) is 0 Å². The van der Waals surface area contributed by atoms with Crippen LogP contribution in [-0.2, 0) is 0 Å². The highest BCUT2D eigenvalue weighted by Crippen LogP contribution is 2.21. The van der Waals surface area contributed by atoms with Gasteiger partial charge in [-0.25, -0.2) is 0 Å². The lowest BCUT2D eigenvalue weighted by molar-refractivity contribution is 0.168. The van der Waals surface area contributed by atoms with Crippen molar-refractivity contribution in [1.29, 1.82) is 0 Å². The predicted octanol–water partition coefficient (Wildman–Crippen LogP) is 1.12. The molecule has 0 aromatic carbocycles. The van der Waals surface area contributed by atoms with Gasteiger partial charge in [-0.3, -0.25) is 0 Å². The molecular weight excluding hydrogens is 120 g/mol. The van der Waals surface area contributed by atoms with E-state index in [-0.39, 0.29) is 6.10 Å². The zero-order chi connectivity index (χ0) is 5.98. The molecule has 2 atom stereocenters. The molecule has 1 nitrogen and oxygen atoms in total. The maximum atomic E-state index is 9.06. The van der Waals surface area contributed by atoms with Gasteiger partial charge in [0.15, 0.2) is 0 Å². The van der Waals surface area contributed by atoms with Crippen LogP contribution < -0.4 is 0 Å². The maximum Gasteiger partial charge on any atom is 0.0633 e. The molecule has 0 aromatic rings. The van der Waals surface area contributed by atoms with E-state index in [1.54, 1.807) is 0 Å². The second kappa shape index (κ2) is 2.74. The molecule has 0 aliphatic carbocycles. The van der Waals surface area contributed by atoms with Gasteiger partial charge in [-0.1, -0.05) is 6.92 Å². The SMILES string of the molecule is CC1CSCC(O)C1. The summed E-state index contributed by atoms with van der Waals surface area (Å²) in [6, 6.07) is 0. The van der Waals surface area contributed by atoms with Gasteiger partial charge in [0.05, 0.1) is 6.10 Å². The number of hydrogen-bond acceptors (Lipinski definition) is 2. The molecule has 0 radical (unpaired) electrons. The summed E-state index contributed by atoms with van der Waals surface area (Å²) in [5.74, 6) is 2.91. The molecule has 8 heavy (non-hydrogen) atoms. The smallest absolute Gasteiger partial charge is 0.0633 e. The minimum Gasteiger partial charge on any atom is -0.392 e. The van der Waals surface area contributed by atoms with E-state index < -0.39 is 0 Å². The molecule has 1 N–H and O–H groups in total. The minimum atomic E-state index is -0.0243. The number of rotatable bonds is 0. The van der Waals surface area contributed by atoms with E-state index in [9.17, 15) is 0 Å². The molecule has 2 unspecified atom stereocenters. The average Bonchev–Trinajstić information content (AvgIpc) is 1.64. The number of thioether (sulfide) groups is 1. The topological polar surface area (TPSA) is 20.2 Å². The lowest BCUT2D eigenvalue weighted by Crippen LogP contribution is -2.21. The van der Waals surface area contributed by atoms with Crippen LogP contribution in [0.5, 0.6) is 0 Å². The number of aliphatic hydroxyl groups is 1. The standard InChI is InChI=1S/C6H12OS/c1-5-2-6(7)4-8-3-5/h5-7H,2-4H2,1H3. The highest BCUT2D eigenvalue weighted by atomic mass is 32.2. The lowest BCUT2D eigenvalue weighted by Gasteiger charge is -2.21. The number of hydrogen-bond donors (Lipinski definition) is 1. The van der Waals surface area contributed by atoms with Crippen molar-refractivity contribution in [1.82, 2.24) is 0 Å². The maximum absolute atomic E-state index is 9.06. The summed E-state index contributed by atoms with van der Waals surface area (Å²) in [4.78, 5) is 0. The normalized spacial score (nSPS) is 39.8. The molecule has 2 heteroatoms. The molecule has 0 aromatic heterocycles. The van der Waals surface area contributed by atoms with Crippen LogP contribution in [0.15, 0.2) is 0 Å². The molecule has 0 saturated carbocycles. The largest absolute Gasteiger partial charge is 0.392 e. The van der Waals surface area contributed by atoms with E-state index in [2.05, 4.69) is 6.92 Å². The second-order valence-electron chi connectivity index (χ2n) is 2.53. The van der Waals surface area contributed by atoms with Crippen molar-refractivity contribution in [3.05, 3.63) is 0 Å². The summed E-state index contributed by atoms with van der Waals surface area (Å²) in [7, 11) is 0. The summed E-state index contributed by atoms with van der Waals surface area (Å²) in [6.07, 6.45) is 0.983. The van der Waals surface area contributed by atoms with Crippen molar-refractivity contribution in [2.24, 2.45) is 5.92 Å². The Bertz CT molecular complexity index is 66.9.